The van der Waals surface area contributed by atoms with Gasteiger partial charge in [-0.25, -0.2) is 0 Å². The van der Waals surface area contributed by atoms with Crippen LogP contribution in [0.2, 0.25) is 5.02 Å². The lowest BCUT2D eigenvalue weighted by atomic mass is 10.2. The van der Waals surface area contributed by atoms with Crippen molar-refractivity contribution in [1.82, 2.24) is 10.3 Å². The molecule has 2 N–H and O–H groups in total. The normalized spacial score (nSPS) is 14.4. The van der Waals surface area contributed by atoms with Crippen molar-refractivity contribution in [3.63, 3.8) is 0 Å². The molecule has 0 aliphatic carbocycles. The summed E-state index contributed by atoms with van der Waals surface area (Å²) in [6.45, 7) is 1.51. The molecule has 0 amide bonds. The van der Waals surface area contributed by atoms with E-state index in [2.05, 4.69) is 20.6 Å². The van der Waals surface area contributed by atoms with E-state index in [9.17, 15) is 13.2 Å². The van der Waals surface area contributed by atoms with Gasteiger partial charge in [-0.3, -0.25) is 4.99 Å². The predicted molar refractivity (Wildman–Crippen MR) is 93.2 cm³/mol. The Morgan fingerprint density at radius 3 is 2.73 bits per heavy atom. The number of halogens is 4. The van der Waals surface area contributed by atoms with Crippen molar-refractivity contribution in [2.45, 2.75) is 6.18 Å². The van der Waals surface area contributed by atoms with Crippen molar-refractivity contribution in [3.8, 4) is 0 Å². The number of hydrogen-bond donors (Lipinski definition) is 2. The first-order valence-electron chi connectivity index (χ1n) is 7.73. The number of aromatic nitrogens is 1. The predicted octanol–water partition coefficient (Wildman–Crippen LogP) is 4.59. The van der Waals surface area contributed by atoms with Crippen molar-refractivity contribution < 1.29 is 17.6 Å². The fourth-order valence-electron chi connectivity index (χ4n) is 2.66. The Labute approximate surface area is 150 Å². The van der Waals surface area contributed by atoms with E-state index in [1.54, 1.807) is 6.07 Å². The van der Waals surface area contributed by atoms with E-state index in [1.165, 1.54) is 12.1 Å². The Morgan fingerprint density at radius 2 is 2.00 bits per heavy atom. The van der Waals surface area contributed by atoms with Crippen molar-refractivity contribution in [1.29, 1.82) is 0 Å². The number of aliphatic imine (C=N–C) groups is 1. The number of amidine groups is 1. The third kappa shape index (κ3) is 3.20. The molecule has 1 aliphatic heterocycles. The molecule has 0 bridgehead atoms. The van der Waals surface area contributed by atoms with Crippen molar-refractivity contribution in [3.05, 3.63) is 52.5 Å². The highest BCUT2D eigenvalue weighted by Crippen LogP contribution is 2.36. The summed E-state index contributed by atoms with van der Waals surface area (Å²) in [5, 5.41) is 5.54. The van der Waals surface area contributed by atoms with E-state index in [1.807, 2.05) is 12.1 Å². The Morgan fingerprint density at radius 1 is 1.15 bits per heavy atom. The SMILES string of the molecule is FC(F)(F)c1cc(Nc2nc3cc(C4=NCCN4)ccc3o2)ccc1Cl. The van der Waals surface area contributed by atoms with Crippen LogP contribution in [0.4, 0.5) is 24.9 Å². The van der Waals surface area contributed by atoms with Gasteiger partial charge in [0.2, 0.25) is 0 Å². The van der Waals surface area contributed by atoms with Gasteiger partial charge in [0.1, 0.15) is 11.4 Å². The molecular formula is C17H12ClF3N4O. The molecule has 2 aromatic carbocycles. The Balaban J connectivity index is 1.63. The maximum Gasteiger partial charge on any atom is 0.417 e. The van der Waals surface area contributed by atoms with Gasteiger partial charge in [-0.1, -0.05) is 11.6 Å². The van der Waals surface area contributed by atoms with Crippen molar-refractivity contribution in [2.75, 3.05) is 18.4 Å². The van der Waals surface area contributed by atoms with E-state index < -0.39 is 11.7 Å². The van der Waals surface area contributed by atoms with E-state index in [0.29, 0.717) is 11.1 Å². The van der Waals surface area contributed by atoms with Crippen LogP contribution in [0.25, 0.3) is 11.1 Å². The zero-order valence-electron chi connectivity index (χ0n) is 13.2. The van der Waals surface area contributed by atoms with Gasteiger partial charge in [0, 0.05) is 17.8 Å². The molecule has 3 aromatic rings. The summed E-state index contributed by atoms with van der Waals surface area (Å²) in [6, 6.07) is 9.01. The number of nitrogens with zero attached hydrogens (tertiary/aromatic N) is 2. The van der Waals surface area contributed by atoms with E-state index in [-0.39, 0.29) is 16.7 Å². The third-order valence-electron chi connectivity index (χ3n) is 3.86. The first kappa shape index (κ1) is 16.7. The van der Waals surface area contributed by atoms with E-state index >= 15 is 0 Å². The lowest BCUT2D eigenvalue weighted by Crippen LogP contribution is -2.19. The molecule has 0 saturated carbocycles. The second-order valence-corrected chi connectivity index (χ2v) is 6.08. The van der Waals surface area contributed by atoms with Crippen LogP contribution in [-0.4, -0.2) is 23.9 Å². The molecule has 134 valence electrons. The van der Waals surface area contributed by atoms with E-state index in [4.69, 9.17) is 16.0 Å². The zero-order chi connectivity index (χ0) is 18.3. The molecule has 0 unspecified atom stereocenters. The summed E-state index contributed by atoms with van der Waals surface area (Å²) in [7, 11) is 0. The number of alkyl halides is 3. The number of nitrogens with one attached hydrogen (secondary N) is 2. The van der Waals surface area contributed by atoms with Crippen LogP contribution in [0.1, 0.15) is 11.1 Å². The quantitative estimate of drug-likeness (QED) is 0.697. The summed E-state index contributed by atoms with van der Waals surface area (Å²) in [6.07, 6.45) is -4.54. The van der Waals surface area contributed by atoms with Crippen LogP contribution in [0.3, 0.4) is 0 Å². The summed E-state index contributed by atoms with van der Waals surface area (Å²) in [5.74, 6) is 0.789. The highest BCUT2D eigenvalue weighted by molar-refractivity contribution is 6.31. The van der Waals surface area contributed by atoms with Gasteiger partial charge in [0.25, 0.3) is 6.01 Å². The summed E-state index contributed by atoms with van der Waals surface area (Å²) >= 11 is 5.62. The molecule has 0 radical (unpaired) electrons. The van der Waals surface area contributed by atoms with Crippen LogP contribution in [0.15, 0.2) is 45.8 Å². The fourth-order valence-corrected chi connectivity index (χ4v) is 2.89. The molecule has 1 aliphatic rings. The zero-order valence-corrected chi connectivity index (χ0v) is 13.9. The van der Waals surface area contributed by atoms with Crippen LogP contribution in [0, 0.1) is 0 Å². The number of anilines is 2. The van der Waals surface area contributed by atoms with Crippen molar-refractivity contribution >= 4 is 40.2 Å². The molecule has 9 heteroatoms. The first-order chi connectivity index (χ1) is 12.4. The largest absolute Gasteiger partial charge is 0.423 e. The molecule has 26 heavy (non-hydrogen) atoms. The first-order valence-corrected chi connectivity index (χ1v) is 8.11. The molecule has 2 heterocycles. The third-order valence-corrected chi connectivity index (χ3v) is 4.19. The number of oxazole rings is 1. The van der Waals surface area contributed by atoms with Crippen LogP contribution in [-0.2, 0) is 6.18 Å². The lowest BCUT2D eigenvalue weighted by Gasteiger charge is -2.10. The molecule has 0 spiro atoms. The maximum absolute atomic E-state index is 13.0. The Hall–Kier alpha value is -2.74. The monoisotopic (exact) mass is 380 g/mol. The smallest absolute Gasteiger partial charge is 0.417 e. The highest BCUT2D eigenvalue weighted by Gasteiger charge is 2.33. The van der Waals surface area contributed by atoms with Gasteiger partial charge < -0.3 is 15.1 Å². The molecule has 5 nitrogen and oxygen atoms in total. The minimum Gasteiger partial charge on any atom is -0.423 e. The minimum absolute atomic E-state index is 0.0916. The number of fused-ring (bicyclic) bond motifs is 1. The number of hydrogen-bond acceptors (Lipinski definition) is 5. The summed E-state index contributed by atoms with van der Waals surface area (Å²) in [4.78, 5) is 8.62. The van der Waals surface area contributed by atoms with E-state index in [0.717, 1.165) is 30.6 Å². The molecule has 1 aromatic heterocycles. The van der Waals surface area contributed by atoms with Gasteiger partial charge in [-0.05, 0) is 36.4 Å². The van der Waals surface area contributed by atoms with Crippen LogP contribution in [0.5, 0.6) is 0 Å². The van der Waals surface area contributed by atoms with Gasteiger partial charge in [0.15, 0.2) is 5.58 Å². The Kier molecular flexibility index (Phi) is 3.99. The standard InChI is InChI=1S/C17H12ClF3N4O/c18-12-3-2-10(8-11(12)17(19,20)21)24-16-25-13-7-9(1-4-14(13)26-16)15-22-5-6-23-15/h1-4,7-8H,5-6H2,(H,22,23)(H,24,25). The number of rotatable bonds is 3. The maximum atomic E-state index is 13.0. The van der Waals surface area contributed by atoms with Crippen molar-refractivity contribution in [2.24, 2.45) is 4.99 Å². The minimum atomic E-state index is -4.54. The average molecular weight is 381 g/mol. The summed E-state index contributed by atoms with van der Waals surface area (Å²) in [5.41, 5.74) is 1.22. The molecule has 4 rings (SSSR count). The van der Waals surface area contributed by atoms with Crippen LogP contribution < -0.4 is 10.6 Å². The van der Waals surface area contributed by atoms with Gasteiger partial charge in [-0.15, -0.1) is 0 Å². The van der Waals surface area contributed by atoms with Crippen LogP contribution >= 0.6 is 11.6 Å². The molecule has 0 saturated heterocycles. The second-order valence-electron chi connectivity index (χ2n) is 5.68. The van der Waals surface area contributed by atoms with Gasteiger partial charge in [0.05, 0.1) is 17.1 Å². The summed E-state index contributed by atoms with van der Waals surface area (Å²) < 4.78 is 44.4. The van der Waals surface area contributed by atoms with Gasteiger partial charge >= 0.3 is 6.18 Å². The lowest BCUT2D eigenvalue weighted by molar-refractivity contribution is -0.137. The molecule has 0 fully saturated rings. The Bertz CT molecular complexity index is 1010. The topological polar surface area (TPSA) is 62.5 Å². The fraction of sp³-hybridized carbons (Fsp3) is 0.176. The molecule has 0 atom stereocenters. The second kappa shape index (κ2) is 6.21. The number of benzene rings is 2. The van der Waals surface area contributed by atoms with Gasteiger partial charge in [-0.2, -0.15) is 18.2 Å². The molecular weight excluding hydrogens is 369 g/mol. The highest BCUT2D eigenvalue weighted by atomic mass is 35.5. The average Bonchev–Trinajstić information content (AvgIpc) is 3.23.